The molecule has 0 radical (unpaired) electrons. The molecule has 0 spiro atoms. The van der Waals surface area contributed by atoms with Gasteiger partial charge < -0.3 is 9.73 Å². The minimum atomic E-state index is 0.266. The molecular weight excluding hydrogens is 236 g/mol. The predicted molar refractivity (Wildman–Crippen MR) is 70.3 cm³/mol. The Kier molecular flexibility index (Phi) is 4.26. The molecule has 94 valence electrons. The molecule has 0 saturated carbocycles. The number of hydrogen-bond acceptors (Lipinski definition) is 3. The van der Waals surface area contributed by atoms with E-state index in [1.54, 1.807) is 0 Å². The first-order valence-corrected chi connectivity index (χ1v) is 6.39. The molecule has 1 aliphatic heterocycles. The molecule has 0 unspecified atom stereocenters. The maximum atomic E-state index is 5.86. The van der Waals surface area contributed by atoms with Gasteiger partial charge in [0.25, 0.3) is 0 Å². The van der Waals surface area contributed by atoms with Crippen LogP contribution in [0.1, 0.15) is 25.1 Å². The van der Waals surface area contributed by atoms with Gasteiger partial charge in [-0.15, -0.1) is 6.58 Å². The number of hydrogen-bond donors (Lipinski definition) is 1. The normalized spacial score (nSPS) is 19.2. The lowest BCUT2D eigenvalue weighted by Crippen LogP contribution is -2.45. The Hall–Kier alpha value is -0.770. The second-order valence-electron chi connectivity index (χ2n) is 4.60. The van der Waals surface area contributed by atoms with Gasteiger partial charge >= 0.3 is 0 Å². The minimum absolute atomic E-state index is 0.266. The van der Waals surface area contributed by atoms with Gasteiger partial charge in [-0.25, -0.2) is 0 Å². The number of piperazine rings is 1. The van der Waals surface area contributed by atoms with Gasteiger partial charge in [0.05, 0.1) is 6.04 Å². The van der Waals surface area contributed by atoms with Crippen molar-refractivity contribution in [2.24, 2.45) is 0 Å². The Bertz CT molecular complexity index is 383. The van der Waals surface area contributed by atoms with Crippen molar-refractivity contribution in [1.82, 2.24) is 10.2 Å². The third-order valence-corrected chi connectivity index (χ3v) is 3.26. The van der Waals surface area contributed by atoms with E-state index < -0.39 is 0 Å². The molecule has 1 N–H and O–H groups in total. The maximum Gasteiger partial charge on any atom is 0.193 e. The molecule has 17 heavy (non-hydrogen) atoms. The topological polar surface area (TPSA) is 28.4 Å². The second-order valence-corrected chi connectivity index (χ2v) is 4.98. The second kappa shape index (κ2) is 5.71. The van der Waals surface area contributed by atoms with E-state index in [9.17, 15) is 0 Å². The Morgan fingerprint density at radius 1 is 1.53 bits per heavy atom. The summed E-state index contributed by atoms with van der Waals surface area (Å²) >= 11 is 5.86. The Balaban J connectivity index is 2.14. The molecule has 1 aliphatic rings. The van der Waals surface area contributed by atoms with Crippen LogP contribution >= 0.6 is 11.6 Å². The maximum absolute atomic E-state index is 5.86. The van der Waals surface area contributed by atoms with E-state index in [2.05, 4.69) is 23.7 Å². The Labute approximate surface area is 107 Å². The van der Waals surface area contributed by atoms with Crippen molar-refractivity contribution in [2.75, 3.05) is 26.2 Å². The first-order chi connectivity index (χ1) is 8.16. The molecule has 0 aromatic carbocycles. The molecule has 0 aliphatic carbocycles. The molecule has 4 heteroatoms. The fraction of sp³-hybridized carbons (Fsp3) is 0.538. The summed E-state index contributed by atoms with van der Waals surface area (Å²) in [6, 6.07) is 4.05. The van der Waals surface area contributed by atoms with Gasteiger partial charge in [-0.2, -0.15) is 0 Å². The van der Waals surface area contributed by atoms with E-state index in [-0.39, 0.29) is 6.04 Å². The van der Waals surface area contributed by atoms with Crippen LogP contribution in [-0.4, -0.2) is 31.1 Å². The average molecular weight is 255 g/mol. The van der Waals surface area contributed by atoms with Crippen LogP contribution in [0, 0.1) is 0 Å². The summed E-state index contributed by atoms with van der Waals surface area (Å²) in [5.74, 6) is 0.944. The van der Waals surface area contributed by atoms with Crippen molar-refractivity contribution in [1.29, 1.82) is 0 Å². The summed E-state index contributed by atoms with van der Waals surface area (Å²) in [6.07, 6.45) is 0.920. The third kappa shape index (κ3) is 3.35. The highest BCUT2D eigenvalue weighted by Crippen LogP contribution is 2.30. The van der Waals surface area contributed by atoms with Crippen molar-refractivity contribution in [3.8, 4) is 0 Å². The van der Waals surface area contributed by atoms with Gasteiger partial charge in [0, 0.05) is 26.2 Å². The van der Waals surface area contributed by atoms with E-state index in [1.807, 2.05) is 12.1 Å². The summed E-state index contributed by atoms with van der Waals surface area (Å²) in [5, 5.41) is 3.82. The SMILES string of the molecule is C=C(C)C[C@@H](c1ccc(Cl)o1)N1CCNCC1. The molecule has 1 aromatic rings. The van der Waals surface area contributed by atoms with E-state index in [4.69, 9.17) is 16.0 Å². The zero-order chi connectivity index (χ0) is 12.3. The highest BCUT2D eigenvalue weighted by molar-refractivity contribution is 6.28. The monoisotopic (exact) mass is 254 g/mol. The molecule has 2 heterocycles. The molecule has 1 saturated heterocycles. The van der Waals surface area contributed by atoms with Gasteiger partial charge in [0.1, 0.15) is 5.76 Å². The van der Waals surface area contributed by atoms with Crippen LogP contribution in [0.5, 0.6) is 0 Å². The highest BCUT2D eigenvalue weighted by atomic mass is 35.5. The van der Waals surface area contributed by atoms with Gasteiger partial charge in [-0.3, -0.25) is 4.90 Å². The number of nitrogens with one attached hydrogen (secondary N) is 1. The summed E-state index contributed by atoms with van der Waals surface area (Å²) in [5.41, 5.74) is 1.17. The summed E-state index contributed by atoms with van der Waals surface area (Å²) in [6.45, 7) is 10.2. The fourth-order valence-corrected chi connectivity index (χ4v) is 2.39. The largest absolute Gasteiger partial charge is 0.448 e. The smallest absolute Gasteiger partial charge is 0.193 e. The first kappa shape index (κ1) is 12.7. The van der Waals surface area contributed by atoms with Gasteiger partial charge in [-0.1, -0.05) is 5.57 Å². The van der Waals surface area contributed by atoms with Crippen LogP contribution < -0.4 is 5.32 Å². The summed E-state index contributed by atoms with van der Waals surface area (Å²) in [4.78, 5) is 2.43. The lowest BCUT2D eigenvalue weighted by Gasteiger charge is -2.33. The van der Waals surface area contributed by atoms with E-state index in [0.717, 1.165) is 38.4 Å². The van der Waals surface area contributed by atoms with Crippen molar-refractivity contribution in [3.63, 3.8) is 0 Å². The quantitative estimate of drug-likeness (QED) is 0.838. The predicted octanol–water partition coefficient (Wildman–Crippen LogP) is 2.85. The van der Waals surface area contributed by atoms with Crippen LogP contribution in [-0.2, 0) is 0 Å². The zero-order valence-corrected chi connectivity index (χ0v) is 11.0. The van der Waals surface area contributed by atoms with E-state index in [0.29, 0.717) is 5.22 Å². The molecule has 1 aromatic heterocycles. The van der Waals surface area contributed by atoms with E-state index >= 15 is 0 Å². The highest BCUT2D eigenvalue weighted by Gasteiger charge is 2.24. The molecule has 0 bridgehead atoms. The molecule has 3 nitrogen and oxygen atoms in total. The number of nitrogens with zero attached hydrogens (tertiary/aromatic N) is 1. The minimum Gasteiger partial charge on any atom is -0.448 e. The van der Waals surface area contributed by atoms with Crippen LogP contribution in [0.15, 0.2) is 28.7 Å². The van der Waals surface area contributed by atoms with Crippen LogP contribution in [0.2, 0.25) is 5.22 Å². The van der Waals surface area contributed by atoms with Crippen molar-refractivity contribution in [3.05, 3.63) is 35.3 Å². The van der Waals surface area contributed by atoms with Crippen molar-refractivity contribution >= 4 is 11.6 Å². The number of halogens is 1. The number of rotatable bonds is 4. The average Bonchev–Trinajstić information content (AvgIpc) is 2.73. The number of furan rings is 1. The fourth-order valence-electron chi connectivity index (χ4n) is 2.24. The first-order valence-electron chi connectivity index (χ1n) is 6.01. The molecule has 1 fully saturated rings. The van der Waals surface area contributed by atoms with Gasteiger partial charge in [-0.05, 0) is 37.1 Å². The van der Waals surface area contributed by atoms with Crippen molar-refractivity contribution < 1.29 is 4.42 Å². The molecule has 0 amide bonds. The molecule has 2 rings (SSSR count). The third-order valence-electron chi connectivity index (χ3n) is 3.06. The Morgan fingerprint density at radius 3 is 2.76 bits per heavy atom. The van der Waals surface area contributed by atoms with Crippen LogP contribution in [0.4, 0.5) is 0 Å². The van der Waals surface area contributed by atoms with Gasteiger partial charge in [0.15, 0.2) is 5.22 Å². The van der Waals surface area contributed by atoms with Crippen molar-refractivity contribution in [2.45, 2.75) is 19.4 Å². The lowest BCUT2D eigenvalue weighted by molar-refractivity contribution is 0.153. The van der Waals surface area contributed by atoms with E-state index in [1.165, 1.54) is 5.57 Å². The summed E-state index contributed by atoms with van der Waals surface area (Å²) < 4.78 is 5.56. The Morgan fingerprint density at radius 2 is 2.24 bits per heavy atom. The van der Waals surface area contributed by atoms with Gasteiger partial charge in [0.2, 0.25) is 0 Å². The summed E-state index contributed by atoms with van der Waals surface area (Å²) in [7, 11) is 0. The standard InChI is InChI=1S/C13H19ClN2O/c1-10(2)9-11(12-3-4-13(14)17-12)16-7-5-15-6-8-16/h3-4,11,15H,1,5-9H2,2H3/t11-/m0/s1. The van der Waals surface area contributed by atoms with Crippen LogP contribution in [0.25, 0.3) is 0 Å². The van der Waals surface area contributed by atoms with Crippen LogP contribution in [0.3, 0.4) is 0 Å². The lowest BCUT2D eigenvalue weighted by atomic mass is 10.0. The zero-order valence-electron chi connectivity index (χ0n) is 10.2. The molecular formula is C13H19ClN2O. The molecule has 1 atom stereocenters.